The van der Waals surface area contributed by atoms with Gasteiger partial charge in [0.25, 0.3) is 5.56 Å². The molecule has 118 valence electrons. The maximum Gasteiger partial charge on any atom is 0.311 e. The molecule has 1 saturated heterocycles. The number of para-hydroxylation sites is 1. The standard InChI is InChI=1S/C16H15N3O4/c1-23-16(22)11-7-14(20)18(10-11)13-8-15(21)19(17-9-13)12-5-3-2-4-6-12/h2-6,8-9,11H,7,10H2,1H3. The SMILES string of the molecule is COC(=O)C1CC(=O)N(c2cnn(-c3ccccc3)c(=O)c2)C1. The molecule has 0 bridgehead atoms. The van der Waals surface area contributed by atoms with Crippen molar-refractivity contribution in [3.8, 4) is 5.69 Å². The zero-order chi connectivity index (χ0) is 16.4. The fraction of sp³-hybridized carbons (Fsp3) is 0.250. The van der Waals surface area contributed by atoms with Gasteiger partial charge in [-0.3, -0.25) is 14.4 Å². The molecule has 7 heteroatoms. The number of hydrogen-bond acceptors (Lipinski definition) is 5. The van der Waals surface area contributed by atoms with Crippen LogP contribution in [0.2, 0.25) is 0 Å². The molecule has 0 spiro atoms. The lowest BCUT2D eigenvalue weighted by atomic mass is 10.1. The summed E-state index contributed by atoms with van der Waals surface area (Å²) in [5, 5.41) is 4.11. The van der Waals surface area contributed by atoms with Gasteiger partial charge in [-0.25, -0.2) is 0 Å². The predicted octanol–water partition coefficient (Wildman–Crippen LogP) is 0.758. The highest BCUT2D eigenvalue weighted by molar-refractivity contribution is 5.99. The van der Waals surface area contributed by atoms with Gasteiger partial charge in [0.05, 0.1) is 30.6 Å². The van der Waals surface area contributed by atoms with Crippen molar-refractivity contribution >= 4 is 17.6 Å². The summed E-state index contributed by atoms with van der Waals surface area (Å²) in [6.07, 6.45) is 1.53. The molecule has 7 nitrogen and oxygen atoms in total. The number of methoxy groups -OCH3 is 1. The first kappa shape index (κ1) is 15.0. The molecule has 2 heterocycles. The molecule has 23 heavy (non-hydrogen) atoms. The number of amides is 1. The van der Waals surface area contributed by atoms with Gasteiger partial charge >= 0.3 is 5.97 Å². The summed E-state index contributed by atoms with van der Waals surface area (Å²) in [4.78, 5) is 37.3. The number of ether oxygens (including phenoxy) is 1. The molecular formula is C16H15N3O4. The minimum Gasteiger partial charge on any atom is -0.469 e. The first-order valence-electron chi connectivity index (χ1n) is 7.13. The smallest absolute Gasteiger partial charge is 0.311 e. The van der Waals surface area contributed by atoms with E-state index in [4.69, 9.17) is 0 Å². The van der Waals surface area contributed by atoms with E-state index in [0.29, 0.717) is 11.4 Å². The maximum atomic E-state index is 12.2. The first-order chi connectivity index (χ1) is 11.1. The van der Waals surface area contributed by atoms with E-state index in [2.05, 4.69) is 9.84 Å². The van der Waals surface area contributed by atoms with E-state index in [-0.39, 0.29) is 24.4 Å². The number of nitrogens with zero attached hydrogens (tertiary/aromatic N) is 3. The van der Waals surface area contributed by atoms with Crippen LogP contribution in [0, 0.1) is 5.92 Å². The van der Waals surface area contributed by atoms with E-state index in [1.54, 1.807) is 12.1 Å². The zero-order valence-corrected chi connectivity index (χ0v) is 12.5. The fourth-order valence-corrected chi connectivity index (χ4v) is 2.59. The number of carbonyl (C=O) groups excluding carboxylic acids is 2. The largest absolute Gasteiger partial charge is 0.469 e. The lowest BCUT2D eigenvalue weighted by molar-refractivity contribution is -0.145. The number of carbonyl (C=O) groups is 2. The second-order valence-electron chi connectivity index (χ2n) is 5.23. The summed E-state index contributed by atoms with van der Waals surface area (Å²) in [5.74, 6) is -1.16. The highest BCUT2D eigenvalue weighted by atomic mass is 16.5. The average molecular weight is 313 g/mol. The Morgan fingerprint density at radius 3 is 2.61 bits per heavy atom. The molecule has 0 radical (unpaired) electrons. The van der Waals surface area contributed by atoms with Gasteiger partial charge in [-0.1, -0.05) is 18.2 Å². The van der Waals surface area contributed by atoms with Crippen LogP contribution in [0.4, 0.5) is 5.69 Å². The third kappa shape index (κ3) is 2.85. The fourth-order valence-electron chi connectivity index (χ4n) is 2.59. The number of aromatic nitrogens is 2. The van der Waals surface area contributed by atoms with Crippen molar-refractivity contribution in [2.75, 3.05) is 18.6 Å². The van der Waals surface area contributed by atoms with Crippen LogP contribution in [0.25, 0.3) is 5.69 Å². The van der Waals surface area contributed by atoms with Gasteiger partial charge in [-0.05, 0) is 12.1 Å². The average Bonchev–Trinajstić information content (AvgIpc) is 2.96. The summed E-state index contributed by atoms with van der Waals surface area (Å²) in [5.41, 5.74) is 0.686. The minimum atomic E-state index is -0.510. The van der Waals surface area contributed by atoms with Crippen LogP contribution < -0.4 is 10.5 Å². The van der Waals surface area contributed by atoms with Crippen molar-refractivity contribution in [2.24, 2.45) is 5.92 Å². The van der Waals surface area contributed by atoms with E-state index in [1.807, 2.05) is 18.2 Å². The molecule has 1 aromatic carbocycles. The summed E-state index contributed by atoms with van der Waals surface area (Å²) in [6, 6.07) is 10.3. The lowest BCUT2D eigenvalue weighted by Crippen LogP contribution is -2.29. The van der Waals surface area contributed by atoms with Gasteiger partial charge in [0.1, 0.15) is 0 Å². The van der Waals surface area contributed by atoms with Crippen LogP contribution in [0.5, 0.6) is 0 Å². The highest BCUT2D eigenvalue weighted by Gasteiger charge is 2.36. The third-order valence-electron chi connectivity index (χ3n) is 3.76. The molecule has 3 rings (SSSR count). The normalized spacial score (nSPS) is 17.3. The van der Waals surface area contributed by atoms with Gasteiger partial charge in [0, 0.05) is 19.0 Å². The Hall–Kier alpha value is -2.96. The Morgan fingerprint density at radius 1 is 1.22 bits per heavy atom. The van der Waals surface area contributed by atoms with Gasteiger partial charge in [-0.2, -0.15) is 9.78 Å². The number of benzene rings is 1. The van der Waals surface area contributed by atoms with Crippen molar-refractivity contribution in [3.63, 3.8) is 0 Å². The van der Waals surface area contributed by atoms with Crippen molar-refractivity contribution in [1.82, 2.24) is 9.78 Å². The summed E-state index contributed by atoms with van der Waals surface area (Å²) in [7, 11) is 1.29. The second-order valence-corrected chi connectivity index (χ2v) is 5.23. The van der Waals surface area contributed by atoms with Crippen molar-refractivity contribution in [1.29, 1.82) is 0 Å². The van der Waals surface area contributed by atoms with E-state index < -0.39 is 11.9 Å². The number of esters is 1. The Bertz CT molecular complexity index is 800. The lowest BCUT2D eigenvalue weighted by Gasteiger charge is -2.16. The van der Waals surface area contributed by atoms with E-state index in [9.17, 15) is 14.4 Å². The number of anilines is 1. The molecule has 1 aliphatic rings. The number of hydrogen-bond donors (Lipinski definition) is 0. The molecule has 1 unspecified atom stereocenters. The van der Waals surface area contributed by atoms with Crippen LogP contribution >= 0.6 is 0 Å². The molecule has 0 saturated carbocycles. The van der Waals surface area contributed by atoms with Crippen LogP contribution in [-0.4, -0.2) is 35.3 Å². The molecule has 0 N–H and O–H groups in total. The van der Waals surface area contributed by atoms with Crippen LogP contribution in [0.1, 0.15) is 6.42 Å². The molecule has 1 aliphatic heterocycles. The van der Waals surface area contributed by atoms with Crippen LogP contribution in [-0.2, 0) is 14.3 Å². The Morgan fingerprint density at radius 2 is 1.96 bits per heavy atom. The molecule has 1 fully saturated rings. The summed E-state index contributed by atoms with van der Waals surface area (Å²) in [6.45, 7) is 0.196. The zero-order valence-electron chi connectivity index (χ0n) is 12.5. The van der Waals surface area contributed by atoms with E-state index >= 15 is 0 Å². The van der Waals surface area contributed by atoms with Gasteiger partial charge < -0.3 is 9.64 Å². The van der Waals surface area contributed by atoms with Crippen LogP contribution in [0.3, 0.4) is 0 Å². The topological polar surface area (TPSA) is 81.5 Å². The molecule has 1 aromatic heterocycles. The Kier molecular flexibility index (Phi) is 3.92. The summed E-state index contributed by atoms with van der Waals surface area (Å²) >= 11 is 0. The van der Waals surface area contributed by atoms with Crippen molar-refractivity contribution in [3.05, 3.63) is 52.9 Å². The van der Waals surface area contributed by atoms with Crippen molar-refractivity contribution in [2.45, 2.75) is 6.42 Å². The Balaban J connectivity index is 1.88. The molecular weight excluding hydrogens is 298 g/mol. The third-order valence-corrected chi connectivity index (χ3v) is 3.76. The molecule has 0 aliphatic carbocycles. The monoisotopic (exact) mass is 313 g/mol. The van der Waals surface area contributed by atoms with E-state index in [0.717, 1.165) is 0 Å². The second kappa shape index (κ2) is 6.04. The Labute approximate surface area is 132 Å². The van der Waals surface area contributed by atoms with Crippen LogP contribution in [0.15, 0.2) is 47.4 Å². The first-order valence-corrected chi connectivity index (χ1v) is 7.13. The van der Waals surface area contributed by atoms with Crippen molar-refractivity contribution < 1.29 is 14.3 Å². The quantitative estimate of drug-likeness (QED) is 0.781. The predicted molar refractivity (Wildman–Crippen MR) is 82.3 cm³/mol. The number of rotatable bonds is 3. The summed E-state index contributed by atoms with van der Waals surface area (Å²) < 4.78 is 5.92. The van der Waals surface area contributed by atoms with Gasteiger partial charge in [-0.15, -0.1) is 0 Å². The maximum absolute atomic E-state index is 12.2. The molecule has 1 amide bonds. The molecule has 2 aromatic rings. The minimum absolute atomic E-state index is 0.0778. The highest BCUT2D eigenvalue weighted by Crippen LogP contribution is 2.24. The van der Waals surface area contributed by atoms with Gasteiger partial charge in [0.2, 0.25) is 5.91 Å². The van der Waals surface area contributed by atoms with Gasteiger partial charge in [0.15, 0.2) is 0 Å². The van der Waals surface area contributed by atoms with E-state index in [1.165, 1.54) is 29.0 Å². The molecule has 1 atom stereocenters.